The Morgan fingerprint density at radius 3 is 2.26 bits per heavy atom. The molecule has 9 nitrogen and oxygen atoms in total. The van der Waals surface area contributed by atoms with Gasteiger partial charge in [-0.15, -0.1) is 0 Å². The van der Waals surface area contributed by atoms with Crippen molar-refractivity contribution in [3.63, 3.8) is 0 Å². The van der Waals surface area contributed by atoms with Crippen molar-refractivity contribution in [3.8, 4) is 17.0 Å². The molecule has 1 amide bonds. The van der Waals surface area contributed by atoms with Crippen molar-refractivity contribution < 1.29 is 28.6 Å². The van der Waals surface area contributed by atoms with E-state index in [2.05, 4.69) is 14.9 Å². The zero-order valence-electron chi connectivity index (χ0n) is 23.3. The second-order valence-corrected chi connectivity index (χ2v) is 10.1. The monoisotopic (exact) mass is 617 g/mol. The molecule has 2 aromatic heterocycles. The molecule has 0 bridgehead atoms. The van der Waals surface area contributed by atoms with E-state index in [0.29, 0.717) is 28.4 Å². The number of nitrogens with zero attached hydrogens (tertiary/aromatic N) is 2. The summed E-state index contributed by atoms with van der Waals surface area (Å²) in [5, 5.41) is 4.00. The van der Waals surface area contributed by atoms with Crippen LogP contribution in [-0.2, 0) is 16.0 Å². The summed E-state index contributed by atoms with van der Waals surface area (Å²) in [5.74, 6) is -1.82. The second kappa shape index (κ2) is 12.6. The maximum absolute atomic E-state index is 13.2. The lowest BCUT2D eigenvalue weighted by Crippen LogP contribution is -2.17. The predicted molar refractivity (Wildman–Crippen MR) is 164 cm³/mol. The molecule has 0 aliphatic rings. The van der Waals surface area contributed by atoms with Gasteiger partial charge >= 0.3 is 11.9 Å². The van der Waals surface area contributed by atoms with E-state index in [0.717, 1.165) is 22.0 Å². The van der Waals surface area contributed by atoms with E-state index >= 15 is 0 Å². The van der Waals surface area contributed by atoms with Gasteiger partial charge in [0.15, 0.2) is 5.69 Å². The molecule has 11 heteroatoms. The number of carbonyl (C=O) groups is 3. The second-order valence-electron chi connectivity index (χ2n) is 9.36. The number of fused-ring (bicyclic) bond motifs is 1. The fourth-order valence-corrected chi connectivity index (χ4v) is 5.23. The number of rotatable bonds is 8. The topological polar surface area (TPSA) is 109 Å². The molecule has 0 saturated carbocycles. The lowest BCUT2D eigenvalue weighted by atomic mass is 10.0. The largest absolute Gasteiger partial charge is 0.480 e. The number of methoxy groups -OCH3 is 3. The summed E-state index contributed by atoms with van der Waals surface area (Å²) in [4.78, 5) is 41.1. The van der Waals surface area contributed by atoms with Crippen molar-refractivity contribution in [2.45, 2.75) is 6.54 Å². The van der Waals surface area contributed by atoms with Crippen LogP contribution in [0, 0.1) is 0 Å². The average Bonchev–Trinajstić information content (AvgIpc) is 3.44. The zero-order chi connectivity index (χ0) is 30.7. The number of hydrogen-bond donors (Lipinski definition) is 1. The molecule has 1 N–H and O–H groups in total. The van der Waals surface area contributed by atoms with Crippen molar-refractivity contribution in [2.75, 3.05) is 26.6 Å². The summed E-state index contributed by atoms with van der Waals surface area (Å²) >= 11 is 13.1. The Morgan fingerprint density at radius 1 is 0.860 bits per heavy atom. The van der Waals surface area contributed by atoms with Crippen molar-refractivity contribution in [1.82, 2.24) is 9.55 Å². The number of amides is 1. The van der Waals surface area contributed by atoms with Crippen LogP contribution in [0.15, 0.2) is 79.0 Å². The minimum absolute atomic E-state index is 0.00943. The summed E-state index contributed by atoms with van der Waals surface area (Å²) < 4.78 is 16.8. The van der Waals surface area contributed by atoms with Crippen molar-refractivity contribution in [3.05, 3.63) is 111 Å². The summed E-state index contributed by atoms with van der Waals surface area (Å²) in [6.07, 6.45) is 1.99. The molecule has 0 saturated heterocycles. The van der Waals surface area contributed by atoms with Crippen LogP contribution in [0.25, 0.3) is 22.0 Å². The number of halogens is 2. The standard InChI is InChI=1S/C32H25Cl2N3O6/c1-41-30-23(32(40)43-3)16-24(33)28(36-30)29(38)35-25-8-4-7-22(27(25)34)20-6-5-9-26-21(20)14-15-37(26)17-18-10-12-19(13-11-18)31(39)42-2/h4-16H,17H2,1-3H3,(H,35,38). The molecule has 0 aliphatic carbocycles. The summed E-state index contributed by atoms with van der Waals surface area (Å²) in [7, 11) is 3.89. The van der Waals surface area contributed by atoms with Crippen LogP contribution in [0.2, 0.25) is 10.0 Å². The molecule has 0 aliphatic heterocycles. The maximum Gasteiger partial charge on any atom is 0.343 e. The normalized spacial score (nSPS) is 10.8. The van der Waals surface area contributed by atoms with E-state index in [4.69, 9.17) is 37.4 Å². The number of carbonyl (C=O) groups excluding carboxylic acids is 3. The van der Waals surface area contributed by atoms with Gasteiger partial charge in [-0.05, 0) is 47.5 Å². The minimum Gasteiger partial charge on any atom is -0.480 e. The molecule has 5 aromatic rings. The number of anilines is 1. The quantitative estimate of drug-likeness (QED) is 0.189. The molecule has 218 valence electrons. The average molecular weight is 618 g/mol. The zero-order valence-corrected chi connectivity index (χ0v) is 24.8. The molecule has 3 aromatic carbocycles. The summed E-state index contributed by atoms with van der Waals surface area (Å²) in [5.41, 5.74) is 4.26. The van der Waals surface area contributed by atoms with Crippen LogP contribution >= 0.6 is 23.2 Å². The van der Waals surface area contributed by atoms with Crippen LogP contribution < -0.4 is 10.1 Å². The molecule has 2 heterocycles. The van der Waals surface area contributed by atoms with E-state index in [1.165, 1.54) is 27.4 Å². The number of esters is 2. The highest BCUT2D eigenvalue weighted by Crippen LogP contribution is 2.38. The lowest BCUT2D eigenvalue weighted by Gasteiger charge is -2.14. The first-order valence-corrected chi connectivity index (χ1v) is 13.7. The Balaban J connectivity index is 1.44. The molecule has 0 radical (unpaired) electrons. The highest BCUT2D eigenvalue weighted by Gasteiger charge is 2.23. The Morgan fingerprint density at radius 2 is 1.56 bits per heavy atom. The Kier molecular flexibility index (Phi) is 8.66. The van der Waals surface area contributed by atoms with Gasteiger partial charge in [0.05, 0.1) is 42.6 Å². The maximum atomic E-state index is 13.2. The predicted octanol–water partition coefficient (Wildman–Crippen LogP) is 6.89. The van der Waals surface area contributed by atoms with Crippen LogP contribution in [0.4, 0.5) is 5.69 Å². The fraction of sp³-hybridized carbons (Fsp3) is 0.125. The lowest BCUT2D eigenvalue weighted by molar-refractivity contribution is 0.0589. The van der Waals surface area contributed by atoms with Crippen LogP contribution in [-0.4, -0.2) is 48.7 Å². The number of benzene rings is 3. The molecular formula is C32H25Cl2N3O6. The molecule has 0 fully saturated rings. The third-order valence-electron chi connectivity index (χ3n) is 6.83. The van der Waals surface area contributed by atoms with Gasteiger partial charge in [0.25, 0.3) is 5.91 Å². The van der Waals surface area contributed by atoms with Gasteiger partial charge in [-0.1, -0.05) is 59.6 Å². The molecule has 5 rings (SSSR count). The Hall–Kier alpha value is -4.86. The van der Waals surface area contributed by atoms with Crippen LogP contribution in [0.5, 0.6) is 5.88 Å². The van der Waals surface area contributed by atoms with Gasteiger partial charge in [-0.3, -0.25) is 4.79 Å². The third-order valence-corrected chi connectivity index (χ3v) is 7.53. The van der Waals surface area contributed by atoms with Crippen molar-refractivity contribution in [2.24, 2.45) is 0 Å². The van der Waals surface area contributed by atoms with Gasteiger partial charge in [0.1, 0.15) is 5.56 Å². The molecule has 0 atom stereocenters. The molecule has 43 heavy (non-hydrogen) atoms. The Bertz CT molecular complexity index is 1870. The highest BCUT2D eigenvalue weighted by atomic mass is 35.5. The molecule has 0 spiro atoms. The molecule has 0 unspecified atom stereocenters. The van der Waals surface area contributed by atoms with E-state index < -0.39 is 11.9 Å². The molecular weight excluding hydrogens is 593 g/mol. The minimum atomic E-state index is -0.701. The Labute approximate surface area is 256 Å². The van der Waals surface area contributed by atoms with Gasteiger partial charge in [0, 0.05) is 29.2 Å². The number of pyridine rings is 1. The highest BCUT2D eigenvalue weighted by molar-refractivity contribution is 6.38. The van der Waals surface area contributed by atoms with Crippen molar-refractivity contribution >= 4 is 57.6 Å². The van der Waals surface area contributed by atoms with Crippen molar-refractivity contribution in [1.29, 1.82) is 0 Å². The van der Waals surface area contributed by atoms with Crippen LogP contribution in [0.1, 0.15) is 36.8 Å². The van der Waals surface area contributed by atoms with Gasteiger partial charge in [-0.25, -0.2) is 14.6 Å². The van der Waals surface area contributed by atoms with E-state index in [-0.39, 0.29) is 28.1 Å². The SMILES string of the molecule is COC(=O)c1ccc(Cn2ccc3c(-c4cccc(NC(=O)c5nc(OC)c(C(=O)OC)cc5Cl)c4Cl)cccc32)cc1. The van der Waals surface area contributed by atoms with Gasteiger partial charge < -0.3 is 24.1 Å². The van der Waals surface area contributed by atoms with E-state index in [1.807, 2.05) is 48.7 Å². The first-order chi connectivity index (χ1) is 20.7. The van der Waals surface area contributed by atoms with E-state index in [9.17, 15) is 14.4 Å². The number of ether oxygens (including phenoxy) is 3. The van der Waals surface area contributed by atoms with E-state index in [1.54, 1.807) is 24.3 Å². The number of aromatic nitrogens is 2. The smallest absolute Gasteiger partial charge is 0.343 e. The first kappa shape index (κ1) is 29.6. The first-order valence-electron chi connectivity index (χ1n) is 12.9. The summed E-state index contributed by atoms with van der Waals surface area (Å²) in [6.45, 7) is 0.588. The fourth-order valence-electron chi connectivity index (χ4n) is 4.72. The van der Waals surface area contributed by atoms with Gasteiger partial charge in [-0.2, -0.15) is 0 Å². The van der Waals surface area contributed by atoms with Gasteiger partial charge in [0.2, 0.25) is 5.88 Å². The number of nitrogens with one attached hydrogen (secondary N) is 1. The van der Waals surface area contributed by atoms with Crippen LogP contribution in [0.3, 0.4) is 0 Å². The summed E-state index contributed by atoms with van der Waals surface area (Å²) in [6, 6.07) is 21.8. The number of hydrogen-bond acceptors (Lipinski definition) is 7. The third kappa shape index (κ3) is 5.90.